The van der Waals surface area contributed by atoms with Gasteiger partial charge >= 0.3 is 11.8 Å². The van der Waals surface area contributed by atoms with Gasteiger partial charge in [-0.05, 0) is 87.2 Å². The number of rotatable bonds is 12. The molecule has 2 amide bonds. The third-order valence-electron chi connectivity index (χ3n) is 7.53. The molecule has 1 aliphatic heterocycles. The zero-order valence-electron chi connectivity index (χ0n) is 25.7. The number of piperidine rings is 1. The lowest BCUT2D eigenvalue weighted by Crippen LogP contribution is -2.36. The summed E-state index contributed by atoms with van der Waals surface area (Å²) in [5.74, 6) is -0.0950. The summed E-state index contributed by atoms with van der Waals surface area (Å²) in [5.41, 5.74) is 1.56. The van der Waals surface area contributed by atoms with E-state index >= 15 is 4.39 Å². The molecule has 5 rings (SSSR count). The molecular weight excluding hydrogens is 615 g/mol. The Morgan fingerprint density at radius 3 is 2.50 bits per heavy atom. The molecule has 0 radical (unpaired) electrons. The summed E-state index contributed by atoms with van der Waals surface area (Å²) in [4.78, 5) is 29.2. The monoisotopic (exact) mass is 650 g/mol. The molecule has 12 heteroatoms. The Morgan fingerprint density at radius 2 is 1.76 bits per heavy atom. The molecule has 0 atom stereocenters. The second kappa shape index (κ2) is 15.6. The van der Waals surface area contributed by atoms with E-state index in [1.807, 2.05) is 13.0 Å². The normalized spacial score (nSPS) is 13.2. The van der Waals surface area contributed by atoms with Crippen molar-refractivity contribution in [1.82, 2.24) is 15.6 Å². The van der Waals surface area contributed by atoms with Gasteiger partial charge in [0.05, 0.1) is 30.9 Å². The molecule has 4 aromatic rings. The Morgan fingerprint density at radius 1 is 0.957 bits per heavy atom. The van der Waals surface area contributed by atoms with Crippen molar-refractivity contribution in [3.05, 3.63) is 77.2 Å². The van der Waals surface area contributed by atoms with Gasteiger partial charge in [0.25, 0.3) is 0 Å². The topological polar surface area (TPSA) is 120 Å². The van der Waals surface area contributed by atoms with E-state index in [1.165, 1.54) is 12.1 Å². The number of methoxy groups -OCH3 is 1. The van der Waals surface area contributed by atoms with E-state index in [9.17, 15) is 9.59 Å². The van der Waals surface area contributed by atoms with Crippen LogP contribution < -0.4 is 34.9 Å². The van der Waals surface area contributed by atoms with E-state index in [0.29, 0.717) is 64.5 Å². The van der Waals surface area contributed by atoms with Gasteiger partial charge in [0, 0.05) is 35.9 Å². The number of nitrogens with one attached hydrogen (secondary N) is 3. The van der Waals surface area contributed by atoms with Crippen LogP contribution in [0.5, 0.6) is 28.7 Å². The van der Waals surface area contributed by atoms with Crippen molar-refractivity contribution in [1.29, 1.82) is 0 Å². The van der Waals surface area contributed by atoms with Gasteiger partial charge in [0.15, 0.2) is 23.1 Å². The number of pyridine rings is 1. The number of hydrogen-bond acceptors (Lipinski definition) is 8. The highest BCUT2D eigenvalue weighted by Gasteiger charge is 2.18. The second-order valence-electron chi connectivity index (χ2n) is 10.7. The minimum atomic E-state index is -0.928. The lowest BCUT2D eigenvalue weighted by molar-refractivity contribution is -0.136. The van der Waals surface area contributed by atoms with Crippen LogP contribution in [-0.4, -0.2) is 56.8 Å². The SMILES string of the molecule is CCOc1ccc(CCNC(=O)C(=O)Nc2ccc(Oc3ccnc4cc(OCC5CCNCC5)c(OC)cc34)c(F)c2)cc1Cl. The maximum atomic E-state index is 15.1. The Balaban J connectivity index is 1.18. The molecule has 0 saturated carbocycles. The lowest BCUT2D eigenvalue weighted by atomic mass is 9.99. The molecule has 0 bridgehead atoms. The van der Waals surface area contributed by atoms with Crippen LogP contribution in [0.3, 0.4) is 0 Å². The first kappa shape index (κ1) is 32.8. The van der Waals surface area contributed by atoms with Crippen LogP contribution in [0.4, 0.5) is 10.1 Å². The van der Waals surface area contributed by atoms with Gasteiger partial charge in [-0.15, -0.1) is 0 Å². The molecule has 0 unspecified atom stereocenters. The van der Waals surface area contributed by atoms with Crippen molar-refractivity contribution in [3.8, 4) is 28.7 Å². The Bertz CT molecular complexity index is 1700. The number of nitrogens with zero attached hydrogens (tertiary/aromatic N) is 1. The van der Waals surface area contributed by atoms with Crippen LogP contribution in [-0.2, 0) is 16.0 Å². The van der Waals surface area contributed by atoms with E-state index in [-0.39, 0.29) is 18.0 Å². The number of aromatic nitrogens is 1. The van der Waals surface area contributed by atoms with Gasteiger partial charge in [-0.25, -0.2) is 4.39 Å². The zero-order chi connectivity index (χ0) is 32.5. The van der Waals surface area contributed by atoms with Crippen molar-refractivity contribution in [2.75, 3.05) is 45.3 Å². The summed E-state index contributed by atoms with van der Waals surface area (Å²) in [7, 11) is 1.56. The first-order valence-corrected chi connectivity index (χ1v) is 15.5. The molecule has 242 valence electrons. The maximum absolute atomic E-state index is 15.1. The van der Waals surface area contributed by atoms with Crippen molar-refractivity contribution in [2.24, 2.45) is 5.92 Å². The van der Waals surface area contributed by atoms with E-state index in [2.05, 4.69) is 20.9 Å². The molecule has 2 heterocycles. The summed E-state index contributed by atoms with van der Waals surface area (Å²) in [6, 6.07) is 14.4. The minimum Gasteiger partial charge on any atom is -0.493 e. The number of benzene rings is 3. The third-order valence-corrected chi connectivity index (χ3v) is 7.83. The molecule has 3 aromatic carbocycles. The summed E-state index contributed by atoms with van der Waals surface area (Å²) in [6.07, 6.45) is 4.12. The molecule has 0 spiro atoms. The molecule has 1 saturated heterocycles. The molecule has 1 aromatic heterocycles. The lowest BCUT2D eigenvalue weighted by Gasteiger charge is -2.23. The molecule has 1 fully saturated rings. The summed E-state index contributed by atoms with van der Waals surface area (Å²) >= 11 is 6.21. The van der Waals surface area contributed by atoms with Crippen LogP contribution in [0.25, 0.3) is 10.9 Å². The van der Waals surface area contributed by atoms with Crippen molar-refractivity contribution >= 4 is 40.0 Å². The van der Waals surface area contributed by atoms with Gasteiger partial charge in [0.2, 0.25) is 0 Å². The minimum absolute atomic E-state index is 0.0748. The fourth-order valence-electron chi connectivity index (χ4n) is 5.09. The van der Waals surface area contributed by atoms with E-state index in [4.69, 9.17) is 30.5 Å². The van der Waals surface area contributed by atoms with E-state index in [1.54, 1.807) is 43.6 Å². The Labute approximate surface area is 271 Å². The number of carbonyl (C=O) groups is 2. The first-order valence-electron chi connectivity index (χ1n) is 15.1. The number of carbonyl (C=O) groups excluding carboxylic acids is 2. The fourth-order valence-corrected chi connectivity index (χ4v) is 5.34. The molecule has 10 nitrogen and oxygen atoms in total. The number of halogens is 2. The average Bonchev–Trinajstić information content (AvgIpc) is 3.06. The van der Waals surface area contributed by atoms with Crippen molar-refractivity contribution in [3.63, 3.8) is 0 Å². The second-order valence-corrected chi connectivity index (χ2v) is 11.1. The Kier molecular flexibility index (Phi) is 11.1. The largest absolute Gasteiger partial charge is 0.493 e. The predicted octanol–water partition coefficient (Wildman–Crippen LogP) is 5.90. The predicted molar refractivity (Wildman–Crippen MR) is 174 cm³/mol. The average molecular weight is 651 g/mol. The molecule has 3 N–H and O–H groups in total. The highest BCUT2D eigenvalue weighted by Crippen LogP contribution is 2.38. The number of anilines is 1. The summed E-state index contributed by atoms with van der Waals surface area (Å²) < 4.78 is 38.1. The van der Waals surface area contributed by atoms with Crippen LogP contribution in [0, 0.1) is 11.7 Å². The summed E-state index contributed by atoms with van der Waals surface area (Å²) in [6.45, 7) is 5.10. The van der Waals surface area contributed by atoms with Gasteiger partial charge in [-0.1, -0.05) is 17.7 Å². The van der Waals surface area contributed by atoms with E-state index in [0.717, 1.165) is 37.6 Å². The highest BCUT2D eigenvalue weighted by atomic mass is 35.5. The molecule has 0 aliphatic carbocycles. The Hall–Kier alpha value is -4.61. The fraction of sp³-hybridized carbons (Fsp3) is 0.324. The maximum Gasteiger partial charge on any atom is 0.313 e. The zero-order valence-corrected chi connectivity index (χ0v) is 26.4. The number of amides is 2. The number of ether oxygens (including phenoxy) is 4. The van der Waals surface area contributed by atoms with Gasteiger partial charge in [0.1, 0.15) is 11.5 Å². The summed E-state index contributed by atoms with van der Waals surface area (Å²) in [5, 5.41) is 9.39. The number of hydrogen-bond donors (Lipinski definition) is 3. The molecule has 46 heavy (non-hydrogen) atoms. The van der Waals surface area contributed by atoms with Crippen LogP contribution >= 0.6 is 11.6 Å². The molecule has 1 aliphatic rings. The first-order chi connectivity index (χ1) is 22.3. The quantitative estimate of drug-likeness (QED) is 0.162. The third kappa shape index (κ3) is 8.35. The smallest absolute Gasteiger partial charge is 0.313 e. The standard InChI is InChI=1S/C34H36ClFN4O6/c1-3-44-29-6-4-21(16-25(29)35)10-14-39-33(41)34(42)40-23-5-7-30(26(36)17-23)46-28-11-15-38-27-19-32(31(43-2)18-24(27)28)45-20-22-8-12-37-13-9-22/h4-7,11,15-19,22,37H,3,8-10,12-14,20H2,1-2H3,(H,39,41)(H,40,42). The van der Waals surface area contributed by atoms with Crippen LogP contribution in [0.1, 0.15) is 25.3 Å². The van der Waals surface area contributed by atoms with Gasteiger partial charge in [-0.2, -0.15) is 0 Å². The van der Waals surface area contributed by atoms with E-state index < -0.39 is 17.6 Å². The van der Waals surface area contributed by atoms with Crippen LogP contribution in [0.15, 0.2) is 60.8 Å². The van der Waals surface area contributed by atoms with Crippen molar-refractivity contribution < 1.29 is 32.9 Å². The van der Waals surface area contributed by atoms with Gasteiger partial charge in [-0.3, -0.25) is 14.6 Å². The molecular formula is C34H36ClFN4O6. The van der Waals surface area contributed by atoms with Crippen LogP contribution in [0.2, 0.25) is 5.02 Å². The van der Waals surface area contributed by atoms with Gasteiger partial charge < -0.3 is 34.9 Å². The highest BCUT2D eigenvalue weighted by molar-refractivity contribution is 6.39. The van der Waals surface area contributed by atoms with Crippen molar-refractivity contribution in [2.45, 2.75) is 26.2 Å². The number of fused-ring (bicyclic) bond motifs is 1.